The molecule has 4 rings (SSSR count). The van der Waals surface area contributed by atoms with Crippen molar-refractivity contribution in [1.29, 1.82) is 0 Å². The first-order valence-corrected chi connectivity index (χ1v) is 11.3. The third-order valence-corrected chi connectivity index (χ3v) is 5.70. The minimum Gasteiger partial charge on any atom is -0.394 e. The molecule has 172 valence electrons. The molecule has 0 spiro atoms. The van der Waals surface area contributed by atoms with E-state index in [2.05, 4.69) is 72.6 Å². The van der Waals surface area contributed by atoms with Gasteiger partial charge in [0.05, 0.1) is 19.0 Å². The van der Waals surface area contributed by atoms with Gasteiger partial charge in [-0.05, 0) is 42.5 Å². The van der Waals surface area contributed by atoms with Crippen LogP contribution in [0.5, 0.6) is 0 Å². The molecule has 3 heterocycles. The number of aromatic nitrogens is 5. The van der Waals surface area contributed by atoms with Crippen LogP contribution in [0, 0.1) is 5.92 Å². The van der Waals surface area contributed by atoms with Crippen molar-refractivity contribution in [3.63, 3.8) is 0 Å². The number of nitrogens with one attached hydrogen (secondary N) is 2. The van der Waals surface area contributed by atoms with E-state index in [9.17, 15) is 5.11 Å². The Hall–Kier alpha value is -3.52. The average molecular weight is 446 g/mol. The third kappa shape index (κ3) is 5.12. The number of fused-ring (bicyclic) bond motifs is 1. The van der Waals surface area contributed by atoms with E-state index in [0.29, 0.717) is 18.3 Å². The summed E-state index contributed by atoms with van der Waals surface area (Å²) >= 11 is 0. The van der Waals surface area contributed by atoms with Crippen LogP contribution in [-0.2, 0) is 6.54 Å². The molecule has 8 heteroatoms. The quantitative estimate of drug-likeness (QED) is 0.348. The lowest BCUT2D eigenvalue weighted by molar-refractivity contribution is 0.248. The summed E-state index contributed by atoms with van der Waals surface area (Å²) in [5.41, 5.74) is 4.83. The van der Waals surface area contributed by atoms with E-state index in [1.54, 1.807) is 12.5 Å². The van der Waals surface area contributed by atoms with E-state index < -0.39 is 0 Å². The molecule has 4 aromatic rings. The first kappa shape index (κ1) is 22.7. The molecule has 8 nitrogen and oxygen atoms in total. The highest BCUT2D eigenvalue weighted by molar-refractivity contribution is 5.84. The van der Waals surface area contributed by atoms with Gasteiger partial charge in [-0.1, -0.05) is 44.2 Å². The van der Waals surface area contributed by atoms with Crippen molar-refractivity contribution in [2.45, 2.75) is 46.3 Å². The van der Waals surface area contributed by atoms with Crippen LogP contribution in [0.2, 0.25) is 0 Å². The lowest BCUT2D eigenvalue weighted by atomic mass is 10.1. The van der Waals surface area contributed by atoms with Gasteiger partial charge in [-0.3, -0.25) is 4.98 Å². The molecule has 3 aromatic heterocycles. The van der Waals surface area contributed by atoms with Crippen molar-refractivity contribution in [2.24, 2.45) is 5.92 Å². The number of hydrogen-bond acceptors (Lipinski definition) is 7. The number of imidazole rings is 1. The van der Waals surface area contributed by atoms with Crippen molar-refractivity contribution in [1.82, 2.24) is 24.5 Å². The summed E-state index contributed by atoms with van der Waals surface area (Å²) in [5, 5.41) is 16.5. The van der Waals surface area contributed by atoms with E-state index in [-0.39, 0.29) is 24.6 Å². The molecule has 3 N–H and O–H groups in total. The van der Waals surface area contributed by atoms with Crippen LogP contribution in [0.15, 0.2) is 55.1 Å². The number of rotatable bonds is 9. The van der Waals surface area contributed by atoms with E-state index in [1.807, 2.05) is 22.9 Å². The van der Waals surface area contributed by atoms with Gasteiger partial charge in [0.15, 0.2) is 17.0 Å². The summed E-state index contributed by atoms with van der Waals surface area (Å²) < 4.78 is 2.03. The van der Waals surface area contributed by atoms with Crippen molar-refractivity contribution < 1.29 is 5.11 Å². The van der Waals surface area contributed by atoms with Gasteiger partial charge in [-0.2, -0.15) is 9.97 Å². The SMILES string of the molecule is CC(C)[C@H](CO)Nc1nc(NCc2ccc(-c3cccnc3)cc2)c2ncn(C(C)C)c2n1. The number of hydrogen-bond donors (Lipinski definition) is 3. The Kier molecular flexibility index (Phi) is 6.84. The topological polar surface area (TPSA) is 101 Å². The summed E-state index contributed by atoms with van der Waals surface area (Å²) in [6, 6.07) is 12.5. The average Bonchev–Trinajstić information content (AvgIpc) is 3.26. The highest BCUT2D eigenvalue weighted by Gasteiger charge is 2.18. The van der Waals surface area contributed by atoms with Crippen LogP contribution in [0.1, 0.15) is 39.3 Å². The molecular weight excluding hydrogens is 414 g/mol. The van der Waals surface area contributed by atoms with E-state index >= 15 is 0 Å². The van der Waals surface area contributed by atoms with Gasteiger partial charge in [0, 0.05) is 25.0 Å². The van der Waals surface area contributed by atoms with Crippen LogP contribution >= 0.6 is 0 Å². The Balaban J connectivity index is 1.59. The molecule has 0 fully saturated rings. The van der Waals surface area contributed by atoms with Crippen molar-refractivity contribution >= 4 is 22.9 Å². The Morgan fingerprint density at radius 2 is 1.79 bits per heavy atom. The van der Waals surface area contributed by atoms with Gasteiger partial charge in [-0.15, -0.1) is 0 Å². The molecule has 0 aliphatic heterocycles. The first-order valence-electron chi connectivity index (χ1n) is 11.3. The normalized spacial score (nSPS) is 12.5. The number of pyridine rings is 1. The summed E-state index contributed by atoms with van der Waals surface area (Å²) in [5.74, 6) is 1.38. The summed E-state index contributed by atoms with van der Waals surface area (Å²) in [6.45, 7) is 8.91. The molecular formula is C25H31N7O. The molecule has 1 aromatic carbocycles. The predicted octanol–water partition coefficient (Wildman–Crippen LogP) is 4.51. The summed E-state index contributed by atoms with van der Waals surface area (Å²) in [4.78, 5) is 18.2. The standard InChI is InChI=1S/C25H31N7O/c1-16(2)21(14-33)29-25-30-23(22-24(31-25)32(15-28-22)17(3)4)27-12-18-7-9-19(10-8-18)20-6-5-11-26-13-20/h5-11,13,15-17,21,33H,12,14H2,1-4H3,(H2,27,29,30,31)/t21-/m0/s1. The van der Waals surface area contributed by atoms with Gasteiger partial charge in [0.1, 0.15) is 0 Å². The number of benzene rings is 1. The maximum Gasteiger partial charge on any atom is 0.227 e. The second-order valence-electron chi connectivity index (χ2n) is 8.78. The molecule has 0 bridgehead atoms. The predicted molar refractivity (Wildman–Crippen MR) is 132 cm³/mol. The monoisotopic (exact) mass is 445 g/mol. The lowest BCUT2D eigenvalue weighted by Crippen LogP contribution is -2.30. The fraction of sp³-hybridized carbons (Fsp3) is 0.360. The van der Waals surface area contributed by atoms with Gasteiger partial charge in [-0.25, -0.2) is 4.98 Å². The summed E-state index contributed by atoms with van der Waals surface area (Å²) in [7, 11) is 0. The number of aliphatic hydroxyl groups excluding tert-OH is 1. The number of aliphatic hydroxyl groups is 1. The van der Waals surface area contributed by atoms with Crippen molar-refractivity contribution in [2.75, 3.05) is 17.2 Å². The third-order valence-electron chi connectivity index (χ3n) is 5.70. The molecule has 0 radical (unpaired) electrons. The molecule has 1 atom stereocenters. The Bertz CT molecular complexity index is 1190. The van der Waals surface area contributed by atoms with Gasteiger partial charge in [0.2, 0.25) is 5.95 Å². The second kappa shape index (κ2) is 9.95. The van der Waals surface area contributed by atoms with Gasteiger partial charge < -0.3 is 20.3 Å². The first-order chi connectivity index (χ1) is 16.0. The lowest BCUT2D eigenvalue weighted by Gasteiger charge is -2.20. The number of anilines is 2. The molecule has 0 saturated carbocycles. The van der Waals surface area contributed by atoms with Crippen molar-refractivity contribution in [3.8, 4) is 11.1 Å². The van der Waals surface area contributed by atoms with Crippen LogP contribution in [0.3, 0.4) is 0 Å². The second-order valence-corrected chi connectivity index (χ2v) is 8.78. The highest BCUT2D eigenvalue weighted by atomic mass is 16.3. The largest absolute Gasteiger partial charge is 0.394 e. The fourth-order valence-electron chi connectivity index (χ4n) is 3.61. The maximum atomic E-state index is 9.74. The maximum absolute atomic E-state index is 9.74. The zero-order valence-electron chi connectivity index (χ0n) is 19.5. The fourth-order valence-corrected chi connectivity index (χ4v) is 3.61. The number of nitrogens with zero attached hydrogens (tertiary/aromatic N) is 5. The highest BCUT2D eigenvalue weighted by Crippen LogP contribution is 2.25. The Morgan fingerprint density at radius 1 is 1.00 bits per heavy atom. The Labute approximate surface area is 194 Å². The minimum absolute atomic E-state index is 0.00848. The van der Waals surface area contributed by atoms with E-state index in [4.69, 9.17) is 9.97 Å². The van der Waals surface area contributed by atoms with Crippen LogP contribution in [0.4, 0.5) is 11.8 Å². The van der Waals surface area contributed by atoms with Gasteiger partial charge >= 0.3 is 0 Å². The van der Waals surface area contributed by atoms with E-state index in [1.165, 1.54) is 0 Å². The van der Waals surface area contributed by atoms with Crippen LogP contribution in [-0.4, -0.2) is 42.3 Å². The van der Waals surface area contributed by atoms with Crippen LogP contribution in [0.25, 0.3) is 22.3 Å². The molecule has 0 unspecified atom stereocenters. The molecule has 0 amide bonds. The van der Waals surface area contributed by atoms with Crippen molar-refractivity contribution in [3.05, 3.63) is 60.7 Å². The zero-order valence-corrected chi connectivity index (χ0v) is 19.5. The molecule has 0 saturated heterocycles. The summed E-state index contributed by atoms with van der Waals surface area (Å²) in [6.07, 6.45) is 5.44. The molecule has 0 aliphatic carbocycles. The van der Waals surface area contributed by atoms with Crippen LogP contribution < -0.4 is 10.6 Å². The molecule has 33 heavy (non-hydrogen) atoms. The van der Waals surface area contributed by atoms with Gasteiger partial charge in [0.25, 0.3) is 0 Å². The van der Waals surface area contributed by atoms with E-state index in [0.717, 1.165) is 27.9 Å². The zero-order chi connectivity index (χ0) is 23.4. The smallest absolute Gasteiger partial charge is 0.227 e. The Morgan fingerprint density at radius 3 is 2.42 bits per heavy atom. The molecule has 0 aliphatic rings. The minimum atomic E-state index is -0.134.